The van der Waals surface area contributed by atoms with Crippen molar-refractivity contribution in [2.45, 2.75) is 6.92 Å². The minimum absolute atomic E-state index is 0.231. The maximum absolute atomic E-state index is 9.02. The van der Waals surface area contributed by atoms with Gasteiger partial charge in [0, 0.05) is 16.4 Å². The summed E-state index contributed by atoms with van der Waals surface area (Å²) in [6.45, 7) is 1.93. The predicted molar refractivity (Wildman–Crippen MR) is 75.3 cm³/mol. The molecule has 2 rings (SSSR count). The lowest BCUT2D eigenvalue weighted by molar-refractivity contribution is 0.881. The first-order valence-electron chi connectivity index (χ1n) is 5.18. The third-order valence-electron chi connectivity index (χ3n) is 2.30. The first-order valence-corrected chi connectivity index (χ1v) is 6.35. The summed E-state index contributed by atoms with van der Waals surface area (Å²) >= 11 is 9.43. The minimum Gasteiger partial charge on any atom is -0.360 e. The molecule has 19 heavy (non-hydrogen) atoms. The zero-order chi connectivity index (χ0) is 13.8. The Balaban J connectivity index is 2.25. The van der Waals surface area contributed by atoms with Crippen molar-refractivity contribution in [1.82, 2.24) is 20.6 Å². The molecule has 0 unspecified atom stereocenters. The Morgan fingerprint density at radius 1 is 1.58 bits per heavy atom. The molecule has 1 aromatic carbocycles. The predicted octanol–water partition coefficient (Wildman–Crippen LogP) is 2.90. The van der Waals surface area contributed by atoms with Gasteiger partial charge in [0.05, 0.1) is 5.02 Å². The van der Waals surface area contributed by atoms with Crippen molar-refractivity contribution < 1.29 is 0 Å². The van der Waals surface area contributed by atoms with Gasteiger partial charge in [0.15, 0.2) is 0 Å². The van der Waals surface area contributed by atoms with Gasteiger partial charge >= 0.3 is 0 Å². The molecule has 96 valence electrons. The number of nitrogens with one attached hydrogen (secondary N) is 2. The van der Waals surface area contributed by atoms with E-state index in [1.807, 2.05) is 19.1 Å². The van der Waals surface area contributed by atoms with Gasteiger partial charge in [-0.2, -0.15) is 10.5 Å². The highest BCUT2D eigenvalue weighted by Gasteiger charge is 2.06. The average Bonchev–Trinajstić information content (AvgIpc) is 2.90. The van der Waals surface area contributed by atoms with Gasteiger partial charge in [-0.1, -0.05) is 11.6 Å². The lowest BCUT2D eigenvalue weighted by Gasteiger charge is -2.06. The maximum atomic E-state index is 9.02. The molecule has 0 bridgehead atoms. The van der Waals surface area contributed by atoms with Crippen LogP contribution in [0.3, 0.4) is 0 Å². The zero-order valence-corrected chi connectivity index (χ0v) is 12.1. The van der Waals surface area contributed by atoms with E-state index in [-0.39, 0.29) is 11.4 Å². The molecule has 2 aromatic rings. The number of anilines is 1. The third kappa shape index (κ3) is 3.10. The van der Waals surface area contributed by atoms with Gasteiger partial charge in [0.2, 0.25) is 5.82 Å². The van der Waals surface area contributed by atoms with E-state index >= 15 is 0 Å². The normalized spacial score (nSPS) is 11.2. The summed E-state index contributed by atoms with van der Waals surface area (Å²) in [7, 11) is 0. The van der Waals surface area contributed by atoms with Gasteiger partial charge in [0.25, 0.3) is 0 Å². The monoisotopic (exact) mass is 338 g/mol. The number of halogens is 2. The highest BCUT2D eigenvalue weighted by atomic mass is 79.9. The van der Waals surface area contributed by atoms with Gasteiger partial charge in [-0.15, -0.1) is 10.2 Å². The lowest BCUT2D eigenvalue weighted by Crippen LogP contribution is -1.94. The standard InChI is InChI=1S/C11H8BrClN6/c1-6-2-8(3-9(13)10(6)12)15-5-7(4-14)11-16-18-19-17-11/h2-3,5,15H,1H3,(H,16,17,18,19). The first kappa shape index (κ1) is 13.5. The Hall–Kier alpha value is -1.91. The number of aromatic nitrogens is 4. The maximum Gasteiger partial charge on any atom is 0.216 e. The highest BCUT2D eigenvalue weighted by molar-refractivity contribution is 9.10. The topological polar surface area (TPSA) is 90.3 Å². The quantitative estimate of drug-likeness (QED) is 0.839. The van der Waals surface area contributed by atoms with Crippen molar-refractivity contribution in [3.8, 4) is 6.07 Å². The summed E-state index contributed by atoms with van der Waals surface area (Å²) in [6.07, 6.45) is 1.50. The van der Waals surface area contributed by atoms with Gasteiger partial charge in [-0.25, -0.2) is 0 Å². The van der Waals surface area contributed by atoms with Crippen molar-refractivity contribution in [2.24, 2.45) is 0 Å². The molecule has 6 nitrogen and oxygen atoms in total. The third-order valence-corrected chi connectivity index (χ3v) is 3.88. The van der Waals surface area contributed by atoms with Gasteiger partial charge in [0.1, 0.15) is 11.6 Å². The van der Waals surface area contributed by atoms with Crippen LogP contribution in [0.4, 0.5) is 5.69 Å². The van der Waals surface area contributed by atoms with Gasteiger partial charge in [-0.05, 0) is 45.8 Å². The van der Waals surface area contributed by atoms with Crippen LogP contribution in [0, 0.1) is 18.3 Å². The molecule has 0 saturated heterocycles. The fourth-order valence-electron chi connectivity index (χ4n) is 1.39. The smallest absolute Gasteiger partial charge is 0.216 e. The van der Waals surface area contributed by atoms with E-state index in [1.165, 1.54) is 6.20 Å². The van der Waals surface area contributed by atoms with Crippen molar-refractivity contribution in [3.05, 3.63) is 39.2 Å². The fourth-order valence-corrected chi connectivity index (χ4v) is 1.88. The van der Waals surface area contributed by atoms with E-state index in [0.717, 1.165) is 15.7 Å². The molecule has 0 amide bonds. The van der Waals surface area contributed by atoms with Crippen molar-refractivity contribution in [1.29, 1.82) is 5.26 Å². The van der Waals surface area contributed by atoms with Crippen LogP contribution in [0.2, 0.25) is 5.02 Å². The summed E-state index contributed by atoms with van der Waals surface area (Å²) in [5, 5.41) is 25.8. The first-order chi connectivity index (χ1) is 9.11. The number of benzene rings is 1. The number of H-pyrrole nitrogens is 1. The van der Waals surface area contributed by atoms with Crippen molar-refractivity contribution >= 4 is 38.8 Å². The van der Waals surface area contributed by atoms with Crippen LogP contribution >= 0.6 is 27.5 Å². The molecule has 0 fully saturated rings. The summed E-state index contributed by atoms with van der Waals surface area (Å²) in [5.74, 6) is 0.231. The summed E-state index contributed by atoms with van der Waals surface area (Å²) in [4.78, 5) is 0. The Labute approximate surface area is 122 Å². The number of allylic oxidation sites excluding steroid dienone is 1. The zero-order valence-electron chi connectivity index (χ0n) is 9.78. The summed E-state index contributed by atoms with van der Waals surface area (Å²) in [5.41, 5.74) is 2.02. The minimum atomic E-state index is 0.231. The number of hydrogen-bond acceptors (Lipinski definition) is 5. The molecular weight excluding hydrogens is 332 g/mol. The van der Waals surface area contributed by atoms with Gasteiger partial charge < -0.3 is 5.32 Å². The fraction of sp³-hybridized carbons (Fsp3) is 0.0909. The van der Waals surface area contributed by atoms with E-state index in [4.69, 9.17) is 16.9 Å². The second-order valence-electron chi connectivity index (χ2n) is 3.64. The molecule has 0 atom stereocenters. The van der Waals surface area contributed by atoms with E-state index in [2.05, 4.69) is 41.9 Å². The molecule has 0 aliphatic rings. The van der Waals surface area contributed by atoms with Crippen molar-refractivity contribution in [2.75, 3.05) is 5.32 Å². The van der Waals surface area contributed by atoms with Crippen LogP contribution < -0.4 is 5.32 Å². The van der Waals surface area contributed by atoms with Crippen LogP contribution in [0.5, 0.6) is 0 Å². The second kappa shape index (κ2) is 5.82. The molecule has 0 saturated carbocycles. The van der Waals surface area contributed by atoms with Crippen LogP contribution in [0.1, 0.15) is 11.4 Å². The van der Waals surface area contributed by atoms with Crippen molar-refractivity contribution in [3.63, 3.8) is 0 Å². The lowest BCUT2D eigenvalue weighted by atomic mass is 10.2. The summed E-state index contributed by atoms with van der Waals surface area (Å²) in [6, 6.07) is 5.64. The number of hydrogen-bond donors (Lipinski definition) is 2. The molecule has 0 spiro atoms. The van der Waals surface area contributed by atoms with E-state index in [9.17, 15) is 0 Å². The molecule has 0 aliphatic carbocycles. The van der Waals surface area contributed by atoms with E-state index in [0.29, 0.717) is 5.02 Å². The molecule has 1 aromatic heterocycles. The van der Waals surface area contributed by atoms with Crippen LogP contribution in [-0.4, -0.2) is 20.6 Å². The number of rotatable bonds is 3. The summed E-state index contributed by atoms with van der Waals surface area (Å²) < 4.78 is 0.849. The highest BCUT2D eigenvalue weighted by Crippen LogP contribution is 2.29. The molecular formula is C11H8BrClN6. The Morgan fingerprint density at radius 2 is 2.37 bits per heavy atom. The Morgan fingerprint density at radius 3 is 2.95 bits per heavy atom. The van der Waals surface area contributed by atoms with Gasteiger partial charge in [-0.3, -0.25) is 0 Å². The van der Waals surface area contributed by atoms with Crippen LogP contribution in [0.15, 0.2) is 22.8 Å². The van der Waals surface area contributed by atoms with E-state index < -0.39 is 0 Å². The molecule has 8 heteroatoms. The number of aromatic amines is 1. The number of tetrazole rings is 1. The Bertz CT molecular complexity index is 635. The molecule has 1 heterocycles. The molecule has 0 radical (unpaired) electrons. The number of nitriles is 1. The molecule has 0 aliphatic heterocycles. The Kier molecular flexibility index (Phi) is 4.14. The number of nitrogens with zero attached hydrogens (tertiary/aromatic N) is 4. The average molecular weight is 340 g/mol. The second-order valence-corrected chi connectivity index (χ2v) is 4.84. The van der Waals surface area contributed by atoms with Crippen LogP contribution in [0.25, 0.3) is 5.57 Å². The molecule has 2 N–H and O–H groups in total. The largest absolute Gasteiger partial charge is 0.360 e. The van der Waals surface area contributed by atoms with Crippen LogP contribution in [-0.2, 0) is 0 Å². The van der Waals surface area contributed by atoms with E-state index in [1.54, 1.807) is 6.07 Å². The number of aryl methyl sites for hydroxylation is 1. The SMILES string of the molecule is Cc1cc(NC=C(C#N)c2nn[nH]n2)cc(Cl)c1Br.